The third-order valence-electron chi connectivity index (χ3n) is 5.60. The van der Waals surface area contributed by atoms with E-state index in [0.29, 0.717) is 29.8 Å². The normalized spacial score (nSPS) is 18.9. The van der Waals surface area contributed by atoms with E-state index in [1.807, 2.05) is 49.0 Å². The van der Waals surface area contributed by atoms with Gasteiger partial charge in [-0.15, -0.1) is 0 Å². The molecule has 156 valence electrons. The molecule has 1 fully saturated rings. The Morgan fingerprint density at radius 1 is 1.27 bits per heavy atom. The van der Waals surface area contributed by atoms with Gasteiger partial charge in [-0.2, -0.15) is 5.10 Å². The van der Waals surface area contributed by atoms with Crippen LogP contribution >= 0.6 is 0 Å². The van der Waals surface area contributed by atoms with Crippen LogP contribution in [0.3, 0.4) is 0 Å². The van der Waals surface area contributed by atoms with Gasteiger partial charge in [0.15, 0.2) is 0 Å². The number of rotatable bonds is 6. The van der Waals surface area contributed by atoms with Crippen molar-refractivity contribution >= 4 is 28.8 Å². The van der Waals surface area contributed by atoms with Crippen LogP contribution in [-0.4, -0.2) is 33.6 Å². The number of carbonyl (C=O) groups excluding carboxylic acids is 2. The predicted octanol–water partition coefficient (Wildman–Crippen LogP) is 4.32. The number of fused-ring (bicyclic) bond motifs is 1. The number of nitrogens with zero attached hydrogens (tertiary/aromatic N) is 3. The smallest absolute Gasteiger partial charge is 0.274 e. The average molecular weight is 406 g/mol. The van der Waals surface area contributed by atoms with Crippen LogP contribution < -0.4 is 10.1 Å². The first kappa shape index (κ1) is 20.1. The maximum Gasteiger partial charge on any atom is 0.274 e. The number of carbonyl (C=O) groups is 2. The fraction of sp³-hybridized carbons (Fsp3) is 0.391. The van der Waals surface area contributed by atoms with Crippen molar-refractivity contribution in [2.24, 2.45) is 5.92 Å². The molecule has 0 aliphatic heterocycles. The highest BCUT2D eigenvalue weighted by atomic mass is 16.5. The molecule has 4 rings (SSSR count). The second kappa shape index (κ2) is 8.65. The summed E-state index contributed by atoms with van der Waals surface area (Å²) in [5, 5.41) is 8.61. The maximum atomic E-state index is 12.7. The Hall–Kier alpha value is -3.22. The minimum absolute atomic E-state index is 0.174. The summed E-state index contributed by atoms with van der Waals surface area (Å²) in [5.41, 5.74) is 2.57. The van der Waals surface area contributed by atoms with Gasteiger partial charge in [0.25, 0.3) is 5.91 Å². The number of benzene rings is 1. The van der Waals surface area contributed by atoms with Crippen LogP contribution in [0, 0.1) is 12.8 Å². The molecule has 0 radical (unpaired) electrons. The first-order valence-electron chi connectivity index (χ1n) is 10.4. The van der Waals surface area contributed by atoms with Crippen LogP contribution in [0.2, 0.25) is 0 Å². The number of nitrogens with one attached hydrogen (secondary N) is 1. The largest absolute Gasteiger partial charge is 0.492 e. The molecule has 1 aliphatic carbocycles. The molecular formula is C23H26N4O3. The van der Waals surface area contributed by atoms with E-state index in [1.165, 1.54) is 0 Å². The zero-order chi connectivity index (χ0) is 21.1. The highest BCUT2D eigenvalue weighted by Gasteiger charge is 2.23. The lowest BCUT2D eigenvalue weighted by Crippen LogP contribution is -2.19. The van der Waals surface area contributed by atoms with E-state index in [4.69, 9.17) is 9.84 Å². The van der Waals surface area contributed by atoms with Gasteiger partial charge in [0.1, 0.15) is 17.7 Å². The number of hydrogen-bond donors (Lipinski definition) is 1. The highest BCUT2D eigenvalue weighted by Crippen LogP contribution is 2.34. The fourth-order valence-corrected chi connectivity index (χ4v) is 3.99. The molecule has 0 atom stereocenters. The molecule has 1 amide bonds. The molecule has 7 heteroatoms. The number of pyridine rings is 1. The van der Waals surface area contributed by atoms with Crippen molar-refractivity contribution in [2.75, 3.05) is 11.9 Å². The van der Waals surface area contributed by atoms with E-state index in [1.54, 1.807) is 6.07 Å². The maximum absolute atomic E-state index is 12.7. The molecule has 1 saturated carbocycles. The minimum atomic E-state index is -0.279. The first-order chi connectivity index (χ1) is 14.6. The Morgan fingerprint density at radius 3 is 2.77 bits per heavy atom. The standard InChI is InChI=1S/C23H26N4O3/c1-3-30-22-12-20-17(13-27(26-20)18-9-7-16(14-28)8-10-18)11-21(22)25-23(29)19-6-4-5-15(2)24-19/h4-6,11-14,16,18H,3,7-10H2,1-2H3,(H,25,29). The average Bonchev–Trinajstić information content (AvgIpc) is 3.17. The van der Waals surface area contributed by atoms with Crippen molar-refractivity contribution in [3.63, 3.8) is 0 Å². The van der Waals surface area contributed by atoms with E-state index in [2.05, 4.69) is 10.3 Å². The van der Waals surface area contributed by atoms with E-state index >= 15 is 0 Å². The van der Waals surface area contributed by atoms with E-state index in [-0.39, 0.29) is 11.8 Å². The Balaban J connectivity index is 1.61. The summed E-state index contributed by atoms with van der Waals surface area (Å²) in [5.74, 6) is 0.479. The molecule has 1 aliphatic rings. The Morgan fingerprint density at radius 2 is 2.07 bits per heavy atom. The minimum Gasteiger partial charge on any atom is -0.492 e. The summed E-state index contributed by atoms with van der Waals surface area (Å²) in [6, 6.07) is 9.41. The van der Waals surface area contributed by atoms with Crippen molar-refractivity contribution in [1.29, 1.82) is 0 Å². The topological polar surface area (TPSA) is 86.1 Å². The van der Waals surface area contributed by atoms with E-state index in [9.17, 15) is 9.59 Å². The lowest BCUT2D eigenvalue weighted by Gasteiger charge is -2.25. The number of aldehydes is 1. The quantitative estimate of drug-likeness (QED) is 0.616. The molecule has 30 heavy (non-hydrogen) atoms. The van der Waals surface area contributed by atoms with Gasteiger partial charge in [-0.3, -0.25) is 9.48 Å². The van der Waals surface area contributed by atoms with Crippen LogP contribution in [0.1, 0.15) is 54.8 Å². The van der Waals surface area contributed by atoms with Crippen molar-refractivity contribution in [3.05, 3.63) is 47.9 Å². The van der Waals surface area contributed by atoms with Gasteiger partial charge < -0.3 is 14.8 Å². The molecule has 3 aromatic rings. The van der Waals surface area contributed by atoms with Crippen molar-refractivity contribution in [2.45, 2.75) is 45.6 Å². The number of hydrogen-bond acceptors (Lipinski definition) is 5. The number of aryl methyl sites for hydroxylation is 1. The molecule has 0 unspecified atom stereocenters. The summed E-state index contributed by atoms with van der Waals surface area (Å²) < 4.78 is 7.76. The van der Waals surface area contributed by atoms with Crippen LogP contribution in [0.4, 0.5) is 5.69 Å². The number of ether oxygens (including phenoxy) is 1. The van der Waals surface area contributed by atoms with Crippen LogP contribution in [0.15, 0.2) is 36.5 Å². The van der Waals surface area contributed by atoms with Gasteiger partial charge in [0.05, 0.1) is 23.9 Å². The molecule has 2 heterocycles. The second-order valence-electron chi connectivity index (χ2n) is 7.77. The SMILES string of the molecule is CCOc1cc2nn(C3CCC(C=O)CC3)cc2cc1NC(=O)c1cccc(C)n1. The third kappa shape index (κ3) is 4.20. The Labute approximate surface area is 175 Å². The summed E-state index contributed by atoms with van der Waals surface area (Å²) in [6.45, 7) is 4.24. The van der Waals surface area contributed by atoms with Crippen molar-refractivity contribution < 1.29 is 14.3 Å². The van der Waals surface area contributed by atoms with Gasteiger partial charge in [-0.25, -0.2) is 4.98 Å². The summed E-state index contributed by atoms with van der Waals surface area (Å²) in [7, 11) is 0. The highest BCUT2D eigenvalue weighted by molar-refractivity contribution is 6.05. The molecule has 1 N–H and O–H groups in total. The van der Waals surface area contributed by atoms with E-state index < -0.39 is 0 Å². The summed E-state index contributed by atoms with van der Waals surface area (Å²) in [6.07, 6.45) is 6.77. The van der Waals surface area contributed by atoms with Crippen LogP contribution in [0.5, 0.6) is 5.75 Å². The molecular weight excluding hydrogens is 380 g/mol. The Kier molecular flexibility index (Phi) is 5.79. The number of aromatic nitrogens is 3. The predicted molar refractivity (Wildman–Crippen MR) is 115 cm³/mol. The molecule has 1 aromatic carbocycles. The van der Waals surface area contributed by atoms with E-state index in [0.717, 1.165) is 48.6 Å². The molecule has 0 bridgehead atoms. The van der Waals surface area contributed by atoms with Crippen LogP contribution in [-0.2, 0) is 4.79 Å². The fourth-order valence-electron chi connectivity index (χ4n) is 3.99. The van der Waals surface area contributed by atoms with Gasteiger partial charge in [0.2, 0.25) is 0 Å². The summed E-state index contributed by atoms with van der Waals surface area (Å²) >= 11 is 0. The van der Waals surface area contributed by atoms with Crippen LogP contribution in [0.25, 0.3) is 10.9 Å². The number of anilines is 1. The first-order valence-corrected chi connectivity index (χ1v) is 10.4. The third-order valence-corrected chi connectivity index (χ3v) is 5.60. The second-order valence-corrected chi connectivity index (χ2v) is 7.77. The molecule has 7 nitrogen and oxygen atoms in total. The molecule has 0 saturated heterocycles. The van der Waals surface area contributed by atoms with Gasteiger partial charge in [-0.05, 0) is 57.7 Å². The van der Waals surface area contributed by atoms with Crippen molar-refractivity contribution in [3.8, 4) is 5.75 Å². The van der Waals surface area contributed by atoms with Gasteiger partial charge in [-0.1, -0.05) is 6.07 Å². The van der Waals surface area contributed by atoms with Gasteiger partial charge >= 0.3 is 0 Å². The molecule has 2 aromatic heterocycles. The lowest BCUT2D eigenvalue weighted by atomic mass is 9.87. The number of amides is 1. The summed E-state index contributed by atoms with van der Waals surface area (Å²) in [4.78, 5) is 28.0. The zero-order valence-corrected chi connectivity index (χ0v) is 17.3. The monoisotopic (exact) mass is 406 g/mol. The van der Waals surface area contributed by atoms with Crippen molar-refractivity contribution in [1.82, 2.24) is 14.8 Å². The lowest BCUT2D eigenvalue weighted by molar-refractivity contribution is -0.112. The zero-order valence-electron chi connectivity index (χ0n) is 17.3. The molecule has 0 spiro atoms. The van der Waals surface area contributed by atoms with Gasteiger partial charge in [0, 0.05) is 29.3 Å². The Bertz CT molecular complexity index is 1070.